The number of hydrogen-bond acceptors (Lipinski definition) is 8. The molecule has 0 aromatic rings. The number of unbranched alkanes of at least 4 members (excludes halogenated alkanes) is 5. The molecule has 0 amide bonds. The van der Waals surface area contributed by atoms with Crippen LogP contribution in [-0.2, 0) is 19.1 Å². The van der Waals surface area contributed by atoms with Crippen LogP contribution in [0.4, 0.5) is 0 Å². The van der Waals surface area contributed by atoms with Gasteiger partial charge in [-0.3, -0.25) is 9.59 Å². The predicted molar refractivity (Wildman–Crippen MR) is 129 cm³/mol. The van der Waals surface area contributed by atoms with Crippen molar-refractivity contribution in [2.45, 2.75) is 129 Å². The van der Waals surface area contributed by atoms with Crippen LogP contribution in [0.15, 0.2) is 0 Å². The Morgan fingerprint density at radius 2 is 0.941 bits per heavy atom. The number of esters is 2. The van der Waals surface area contributed by atoms with E-state index < -0.39 is 22.2 Å². The van der Waals surface area contributed by atoms with Gasteiger partial charge in [-0.25, -0.2) is 0 Å². The summed E-state index contributed by atoms with van der Waals surface area (Å²) in [5, 5.41) is 23.3. The maximum absolute atomic E-state index is 12.5. The van der Waals surface area contributed by atoms with Gasteiger partial charge in [0, 0.05) is 11.1 Å². The quantitative estimate of drug-likeness (QED) is 0.314. The summed E-state index contributed by atoms with van der Waals surface area (Å²) >= 11 is 0. The van der Waals surface area contributed by atoms with E-state index in [2.05, 4.69) is 0 Å². The first kappa shape index (κ1) is 29.0. The molecule has 34 heavy (non-hydrogen) atoms. The molecule has 2 unspecified atom stereocenters. The predicted octanol–water partition coefficient (Wildman–Crippen LogP) is 4.95. The Bertz CT molecular complexity index is 658. The zero-order chi connectivity index (χ0) is 25.9. The van der Waals surface area contributed by atoms with Gasteiger partial charge >= 0.3 is 11.9 Å². The highest BCUT2D eigenvalue weighted by molar-refractivity contribution is 5.75. The molecular formula is C26H48N2O6. The van der Waals surface area contributed by atoms with Gasteiger partial charge < -0.3 is 19.9 Å². The molecule has 2 N–H and O–H groups in total. The zero-order valence-electron chi connectivity index (χ0n) is 22.6. The molecule has 0 bridgehead atoms. The number of carbonyl (C=O) groups excluding carboxylic acids is 2. The normalized spacial score (nSPS) is 27.6. The largest absolute Gasteiger partial charge is 0.465 e. The summed E-state index contributed by atoms with van der Waals surface area (Å²) in [6.07, 6.45) is 6.85. The lowest BCUT2D eigenvalue weighted by Crippen LogP contribution is -2.48. The van der Waals surface area contributed by atoms with Gasteiger partial charge in [0.2, 0.25) is 0 Å². The molecule has 0 aromatic heterocycles. The van der Waals surface area contributed by atoms with Crippen LogP contribution in [0.1, 0.15) is 107 Å². The maximum Gasteiger partial charge on any atom is 0.310 e. The van der Waals surface area contributed by atoms with E-state index in [9.17, 15) is 20.0 Å². The molecule has 2 aliphatic heterocycles. The van der Waals surface area contributed by atoms with Crippen LogP contribution in [-0.4, -0.2) is 67.8 Å². The van der Waals surface area contributed by atoms with E-state index in [1.165, 1.54) is 10.1 Å². The van der Waals surface area contributed by atoms with E-state index in [4.69, 9.17) is 9.47 Å². The van der Waals surface area contributed by atoms with Gasteiger partial charge in [0.25, 0.3) is 0 Å². The zero-order valence-corrected chi connectivity index (χ0v) is 22.6. The Hall–Kier alpha value is -1.22. The molecular weight excluding hydrogens is 436 g/mol. The molecule has 198 valence electrons. The van der Waals surface area contributed by atoms with Crippen molar-refractivity contribution in [1.29, 1.82) is 0 Å². The third kappa shape index (κ3) is 6.31. The lowest BCUT2D eigenvalue weighted by atomic mass is 9.87. The number of hydroxylamine groups is 4. The lowest BCUT2D eigenvalue weighted by Gasteiger charge is -2.35. The number of carbonyl (C=O) groups is 2. The third-order valence-electron chi connectivity index (χ3n) is 7.95. The summed E-state index contributed by atoms with van der Waals surface area (Å²) in [6.45, 7) is 16.0. The van der Waals surface area contributed by atoms with Gasteiger partial charge in [0.1, 0.15) is 0 Å². The number of nitrogens with zero attached hydrogens (tertiary/aromatic N) is 2. The Kier molecular flexibility index (Phi) is 9.22. The molecule has 0 aliphatic carbocycles. The van der Waals surface area contributed by atoms with Crippen molar-refractivity contribution in [2.24, 2.45) is 11.8 Å². The van der Waals surface area contributed by atoms with Crippen molar-refractivity contribution in [1.82, 2.24) is 10.1 Å². The molecule has 2 saturated heterocycles. The molecule has 2 fully saturated rings. The molecule has 2 rings (SSSR count). The van der Waals surface area contributed by atoms with Crippen molar-refractivity contribution in [3.63, 3.8) is 0 Å². The first-order valence-electron chi connectivity index (χ1n) is 12.9. The average Bonchev–Trinajstić information content (AvgIpc) is 3.01. The molecule has 0 spiro atoms. The summed E-state index contributed by atoms with van der Waals surface area (Å²) < 4.78 is 11.0. The summed E-state index contributed by atoms with van der Waals surface area (Å²) in [5.74, 6) is -1.13. The highest BCUT2D eigenvalue weighted by Crippen LogP contribution is 2.45. The van der Waals surface area contributed by atoms with Crippen molar-refractivity contribution in [2.75, 3.05) is 13.2 Å². The Morgan fingerprint density at radius 1 is 0.647 bits per heavy atom. The summed E-state index contributed by atoms with van der Waals surface area (Å²) in [4.78, 5) is 25.1. The second kappa shape index (κ2) is 10.8. The molecule has 2 aliphatic rings. The highest BCUT2D eigenvalue weighted by Gasteiger charge is 2.55. The van der Waals surface area contributed by atoms with E-state index in [0.717, 1.165) is 38.5 Å². The monoisotopic (exact) mass is 484 g/mol. The summed E-state index contributed by atoms with van der Waals surface area (Å²) in [6, 6.07) is 0. The topological polar surface area (TPSA) is 99.5 Å². The fourth-order valence-corrected chi connectivity index (χ4v) is 5.73. The van der Waals surface area contributed by atoms with Crippen LogP contribution in [0.5, 0.6) is 0 Å². The van der Waals surface area contributed by atoms with E-state index in [-0.39, 0.29) is 23.8 Å². The van der Waals surface area contributed by atoms with Crippen LogP contribution in [0, 0.1) is 11.8 Å². The van der Waals surface area contributed by atoms with Gasteiger partial charge in [-0.2, -0.15) is 10.1 Å². The SMILES string of the molecule is CC1(C)CC(C(=O)OCCCCCCCCOC(=O)C2CC(C)(C)N(O)C2(C)C)C(C)(C)N1O. The second-order valence-corrected chi connectivity index (χ2v) is 12.5. The van der Waals surface area contributed by atoms with E-state index in [1.54, 1.807) is 0 Å². The Balaban J connectivity index is 1.54. The number of ether oxygens (including phenoxy) is 2. The van der Waals surface area contributed by atoms with Crippen molar-refractivity contribution < 1.29 is 29.5 Å². The highest BCUT2D eigenvalue weighted by atomic mass is 16.5. The minimum absolute atomic E-state index is 0.227. The Morgan fingerprint density at radius 3 is 1.21 bits per heavy atom. The van der Waals surface area contributed by atoms with Gasteiger partial charge in [-0.05, 0) is 81.1 Å². The second-order valence-electron chi connectivity index (χ2n) is 12.5. The Labute approximate surface area is 205 Å². The van der Waals surface area contributed by atoms with E-state index in [1.807, 2.05) is 55.4 Å². The molecule has 2 heterocycles. The first-order chi connectivity index (χ1) is 15.5. The van der Waals surface area contributed by atoms with Crippen LogP contribution in [0.3, 0.4) is 0 Å². The van der Waals surface area contributed by atoms with Crippen LogP contribution in [0.2, 0.25) is 0 Å². The standard InChI is InChI=1S/C26H48N2O6/c1-23(2)17-19(25(5,6)27(23)31)21(29)33-15-13-11-9-10-12-14-16-34-22(30)20-18-24(3,4)28(32)26(20,7)8/h19-20,31-32H,9-18H2,1-8H3. The van der Waals surface area contributed by atoms with E-state index >= 15 is 0 Å². The minimum atomic E-state index is -0.634. The fraction of sp³-hybridized carbons (Fsp3) is 0.923. The van der Waals surface area contributed by atoms with Crippen molar-refractivity contribution in [3.05, 3.63) is 0 Å². The summed E-state index contributed by atoms with van der Waals surface area (Å²) in [5.41, 5.74) is -2.15. The molecule has 0 aromatic carbocycles. The molecule has 0 radical (unpaired) electrons. The fourth-order valence-electron chi connectivity index (χ4n) is 5.73. The third-order valence-corrected chi connectivity index (χ3v) is 7.95. The lowest BCUT2D eigenvalue weighted by molar-refractivity contribution is -0.200. The average molecular weight is 485 g/mol. The maximum atomic E-state index is 12.5. The molecule has 8 nitrogen and oxygen atoms in total. The van der Waals surface area contributed by atoms with Crippen molar-refractivity contribution >= 4 is 11.9 Å². The summed E-state index contributed by atoms with van der Waals surface area (Å²) in [7, 11) is 0. The number of rotatable bonds is 11. The van der Waals surface area contributed by atoms with Crippen LogP contribution in [0.25, 0.3) is 0 Å². The molecule has 2 atom stereocenters. The van der Waals surface area contributed by atoms with Gasteiger partial charge in [-0.15, -0.1) is 0 Å². The van der Waals surface area contributed by atoms with E-state index in [0.29, 0.717) is 26.1 Å². The number of hydrogen-bond donors (Lipinski definition) is 2. The van der Waals surface area contributed by atoms with Crippen LogP contribution >= 0.6 is 0 Å². The van der Waals surface area contributed by atoms with Gasteiger partial charge in [-0.1, -0.05) is 25.7 Å². The first-order valence-corrected chi connectivity index (χ1v) is 12.9. The van der Waals surface area contributed by atoms with Crippen LogP contribution < -0.4 is 0 Å². The van der Waals surface area contributed by atoms with Gasteiger partial charge in [0.05, 0.1) is 36.1 Å². The van der Waals surface area contributed by atoms with Gasteiger partial charge in [0.15, 0.2) is 0 Å². The molecule has 0 saturated carbocycles. The minimum Gasteiger partial charge on any atom is -0.465 e. The smallest absolute Gasteiger partial charge is 0.310 e. The molecule has 8 heteroatoms. The van der Waals surface area contributed by atoms with Crippen molar-refractivity contribution in [3.8, 4) is 0 Å².